The van der Waals surface area contributed by atoms with Crippen LogP contribution in [0.1, 0.15) is 61.2 Å². The van der Waals surface area contributed by atoms with E-state index < -0.39 is 6.04 Å². The van der Waals surface area contributed by atoms with Gasteiger partial charge in [-0.2, -0.15) is 0 Å². The Balaban J connectivity index is 2.86. The molecule has 1 heterocycles. The number of carbonyl (C=O) groups is 1. The summed E-state index contributed by atoms with van der Waals surface area (Å²) in [6.45, 7) is 16.8. The van der Waals surface area contributed by atoms with Gasteiger partial charge in [-0.3, -0.25) is 10.1 Å². The van der Waals surface area contributed by atoms with Crippen LogP contribution in [0.5, 0.6) is 0 Å². The largest absolute Gasteiger partial charge is 0.371 e. The Morgan fingerprint density at radius 3 is 2.28 bits per heavy atom. The smallest absolute Gasteiger partial charge is 0.240 e. The minimum Gasteiger partial charge on any atom is -0.371 e. The second kappa shape index (κ2) is 8.32. The summed E-state index contributed by atoms with van der Waals surface area (Å²) in [5, 5.41) is 6.44. The molecule has 0 spiro atoms. The Kier molecular flexibility index (Phi) is 7.20. The first-order chi connectivity index (χ1) is 11.3. The molecule has 3 atom stereocenters. The normalized spacial score (nSPS) is 16.4. The molecule has 0 saturated heterocycles. The number of hydrogen-bond acceptors (Lipinski definition) is 4. The van der Waals surface area contributed by atoms with Gasteiger partial charge in [0.2, 0.25) is 5.91 Å². The highest BCUT2D eigenvalue weighted by atomic mass is 16.5. The molecule has 6 nitrogen and oxygen atoms in total. The summed E-state index contributed by atoms with van der Waals surface area (Å²) in [5.41, 5.74) is -0.327. The topological polar surface area (TPSA) is 68.2 Å². The number of hydrogen-bond donors (Lipinski definition) is 2. The number of rotatable bonds is 7. The number of ether oxygens (including phenoxy) is 1. The molecule has 0 radical (unpaired) electrons. The van der Waals surface area contributed by atoms with Gasteiger partial charge in [-0.05, 0) is 40.0 Å². The third kappa shape index (κ3) is 7.16. The minimum absolute atomic E-state index is 0.00595. The molecule has 1 rings (SSSR count). The van der Waals surface area contributed by atoms with E-state index in [9.17, 15) is 4.79 Å². The maximum Gasteiger partial charge on any atom is 0.240 e. The van der Waals surface area contributed by atoms with Gasteiger partial charge in [-0.1, -0.05) is 20.8 Å². The van der Waals surface area contributed by atoms with Crippen molar-refractivity contribution in [1.29, 1.82) is 0 Å². The maximum atomic E-state index is 12.9. The zero-order chi connectivity index (χ0) is 19.4. The number of imidazole rings is 1. The van der Waals surface area contributed by atoms with Gasteiger partial charge in [0.25, 0.3) is 0 Å². The quantitative estimate of drug-likeness (QED) is 0.791. The van der Waals surface area contributed by atoms with Crippen LogP contribution in [-0.4, -0.2) is 39.2 Å². The van der Waals surface area contributed by atoms with Crippen LogP contribution < -0.4 is 10.6 Å². The van der Waals surface area contributed by atoms with Gasteiger partial charge in [-0.25, -0.2) is 4.98 Å². The van der Waals surface area contributed by atoms with E-state index in [-0.39, 0.29) is 29.1 Å². The third-order valence-corrected chi connectivity index (χ3v) is 4.35. The van der Waals surface area contributed by atoms with Crippen molar-refractivity contribution in [2.75, 3.05) is 0 Å². The SMILES string of the molecule is C[C@@H](OC(C)(C)C)[C@H](NCc1nccn1C)C(=O)N[C@H](C)C(C)(C)C. The number of nitrogens with one attached hydrogen (secondary N) is 2. The first kappa shape index (κ1) is 21.6. The zero-order valence-electron chi connectivity index (χ0n) is 17.3. The van der Waals surface area contributed by atoms with E-state index in [1.165, 1.54) is 0 Å². The fourth-order valence-electron chi connectivity index (χ4n) is 2.39. The highest BCUT2D eigenvalue weighted by Gasteiger charge is 2.31. The Labute approximate surface area is 152 Å². The molecule has 0 aliphatic rings. The van der Waals surface area contributed by atoms with E-state index in [2.05, 4.69) is 36.4 Å². The van der Waals surface area contributed by atoms with E-state index in [0.717, 1.165) is 5.82 Å². The lowest BCUT2D eigenvalue weighted by Crippen LogP contribution is -2.55. The van der Waals surface area contributed by atoms with Gasteiger partial charge < -0.3 is 14.6 Å². The molecule has 0 fully saturated rings. The highest BCUT2D eigenvalue weighted by molar-refractivity contribution is 5.82. The van der Waals surface area contributed by atoms with Crippen molar-refractivity contribution in [3.63, 3.8) is 0 Å². The van der Waals surface area contributed by atoms with Gasteiger partial charge in [0, 0.05) is 25.5 Å². The summed E-state index contributed by atoms with van der Waals surface area (Å²) in [5.74, 6) is 0.831. The van der Waals surface area contributed by atoms with E-state index in [4.69, 9.17) is 4.74 Å². The summed E-state index contributed by atoms with van der Waals surface area (Å²) < 4.78 is 7.98. The first-order valence-electron chi connectivity index (χ1n) is 8.99. The number of nitrogens with zero attached hydrogens (tertiary/aromatic N) is 2. The predicted octanol–water partition coefficient (Wildman–Crippen LogP) is 2.63. The predicted molar refractivity (Wildman–Crippen MR) is 101 cm³/mol. The number of amides is 1. The second-order valence-corrected chi connectivity index (χ2v) is 8.84. The van der Waals surface area contributed by atoms with Gasteiger partial charge in [-0.15, -0.1) is 0 Å². The van der Waals surface area contributed by atoms with Gasteiger partial charge >= 0.3 is 0 Å². The van der Waals surface area contributed by atoms with Crippen LogP contribution in [0.25, 0.3) is 0 Å². The molecule has 0 saturated carbocycles. The lowest BCUT2D eigenvalue weighted by molar-refractivity contribution is -0.132. The summed E-state index contributed by atoms with van der Waals surface area (Å²) in [7, 11) is 1.94. The molecule has 1 amide bonds. The lowest BCUT2D eigenvalue weighted by atomic mass is 9.88. The summed E-state index contributed by atoms with van der Waals surface area (Å²) >= 11 is 0. The minimum atomic E-state index is -0.458. The molecule has 0 unspecified atom stereocenters. The highest BCUT2D eigenvalue weighted by Crippen LogP contribution is 2.19. The van der Waals surface area contributed by atoms with Crippen LogP contribution >= 0.6 is 0 Å². The summed E-state index contributed by atoms with van der Waals surface area (Å²) in [4.78, 5) is 17.2. The van der Waals surface area contributed by atoms with E-state index >= 15 is 0 Å². The average molecular weight is 353 g/mol. The Morgan fingerprint density at radius 1 is 1.24 bits per heavy atom. The Bertz CT molecular complexity index is 555. The van der Waals surface area contributed by atoms with Crippen LogP contribution in [0.2, 0.25) is 0 Å². The van der Waals surface area contributed by atoms with Gasteiger partial charge in [0.15, 0.2) is 0 Å². The number of carbonyl (C=O) groups excluding carboxylic acids is 1. The fraction of sp³-hybridized carbons (Fsp3) is 0.789. The molecule has 0 bridgehead atoms. The van der Waals surface area contributed by atoms with Crippen molar-refractivity contribution < 1.29 is 9.53 Å². The van der Waals surface area contributed by atoms with E-state index in [1.807, 2.05) is 52.4 Å². The molecule has 2 N–H and O–H groups in total. The average Bonchev–Trinajstić information content (AvgIpc) is 2.81. The maximum absolute atomic E-state index is 12.9. The molecule has 25 heavy (non-hydrogen) atoms. The third-order valence-electron chi connectivity index (χ3n) is 4.35. The van der Waals surface area contributed by atoms with Crippen LogP contribution in [0.15, 0.2) is 12.4 Å². The Morgan fingerprint density at radius 2 is 1.84 bits per heavy atom. The summed E-state index contributed by atoms with van der Waals surface area (Å²) in [6.07, 6.45) is 3.37. The van der Waals surface area contributed by atoms with E-state index in [1.54, 1.807) is 6.20 Å². The Hall–Kier alpha value is -1.40. The van der Waals surface area contributed by atoms with Crippen molar-refractivity contribution in [3.05, 3.63) is 18.2 Å². The molecule has 0 aromatic carbocycles. The van der Waals surface area contributed by atoms with Crippen molar-refractivity contribution in [1.82, 2.24) is 20.2 Å². The fourth-order valence-corrected chi connectivity index (χ4v) is 2.39. The monoisotopic (exact) mass is 352 g/mol. The van der Waals surface area contributed by atoms with Crippen LogP contribution in [-0.2, 0) is 23.1 Å². The van der Waals surface area contributed by atoms with Crippen LogP contribution in [0.3, 0.4) is 0 Å². The van der Waals surface area contributed by atoms with Crippen molar-refractivity contribution in [2.45, 2.75) is 85.7 Å². The van der Waals surface area contributed by atoms with Crippen molar-refractivity contribution in [2.24, 2.45) is 12.5 Å². The van der Waals surface area contributed by atoms with Crippen LogP contribution in [0, 0.1) is 5.41 Å². The molecular formula is C19H36N4O2. The standard InChI is InChI=1S/C19H36N4O2/c1-13(25-19(6,7)8)16(17(24)22-14(2)18(3,4)5)21-12-15-20-10-11-23(15)9/h10-11,13-14,16,21H,12H2,1-9H3,(H,22,24)/t13-,14-,16+/m1/s1. The molecule has 0 aliphatic carbocycles. The van der Waals surface area contributed by atoms with E-state index in [0.29, 0.717) is 6.54 Å². The number of aromatic nitrogens is 2. The van der Waals surface area contributed by atoms with Gasteiger partial charge in [0.1, 0.15) is 11.9 Å². The van der Waals surface area contributed by atoms with Crippen molar-refractivity contribution in [3.8, 4) is 0 Å². The van der Waals surface area contributed by atoms with Crippen molar-refractivity contribution >= 4 is 5.91 Å². The molecule has 1 aromatic heterocycles. The molecule has 0 aliphatic heterocycles. The van der Waals surface area contributed by atoms with Gasteiger partial charge in [0.05, 0.1) is 18.2 Å². The lowest BCUT2D eigenvalue weighted by Gasteiger charge is -2.34. The molecule has 144 valence electrons. The summed E-state index contributed by atoms with van der Waals surface area (Å²) in [6, 6.07) is -0.403. The van der Waals surface area contributed by atoms with Crippen LogP contribution in [0.4, 0.5) is 0 Å². The molecular weight excluding hydrogens is 316 g/mol. The number of aryl methyl sites for hydroxylation is 1. The second-order valence-electron chi connectivity index (χ2n) is 8.84. The zero-order valence-corrected chi connectivity index (χ0v) is 17.3. The molecule has 1 aromatic rings. The first-order valence-corrected chi connectivity index (χ1v) is 8.99. The molecule has 6 heteroatoms.